The molecule has 1 aromatic heterocycles. The molecule has 0 fully saturated rings. The summed E-state index contributed by atoms with van der Waals surface area (Å²) in [6.45, 7) is 1.86. The largest absolute Gasteiger partial charge is 0.319 e. The van der Waals surface area contributed by atoms with Gasteiger partial charge in [0.05, 0.1) is 16.1 Å². The smallest absolute Gasteiger partial charge is 0.257 e. The van der Waals surface area contributed by atoms with Crippen LogP contribution < -0.4 is 5.32 Å². The molecule has 3 rings (SSSR count). The van der Waals surface area contributed by atoms with Crippen molar-refractivity contribution < 1.29 is 17.6 Å². The van der Waals surface area contributed by atoms with Gasteiger partial charge in [0.25, 0.3) is 5.91 Å². The van der Waals surface area contributed by atoms with E-state index in [-0.39, 0.29) is 21.2 Å². The van der Waals surface area contributed by atoms with Crippen molar-refractivity contribution in [2.45, 2.75) is 16.8 Å². The number of para-hydroxylation sites is 1. The van der Waals surface area contributed by atoms with Gasteiger partial charge in [-0.3, -0.25) is 4.79 Å². The number of rotatable bonds is 4. The van der Waals surface area contributed by atoms with Gasteiger partial charge in [0.2, 0.25) is 9.84 Å². The van der Waals surface area contributed by atoms with Gasteiger partial charge in [0.1, 0.15) is 5.82 Å². The fraction of sp³-hybridized carbons (Fsp3) is 0.0526. The van der Waals surface area contributed by atoms with Crippen molar-refractivity contribution >= 4 is 21.4 Å². The van der Waals surface area contributed by atoms with Crippen molar-refractivity contribution in [3.63, 3.8) is 0 Å². The fourth-order valence-electron chi connectivity index (χ4n) is 2.27. The van der Waals surface area contributed by atoms with E-state index in [1.54, 1.807) is 18.2 Å². The van der Waals surface area contributed by atoms with Crippen molar-refractivity contribution in [1.29, 1.82) is 0 Å². The van der Waals surface area contributed by atoms with Gasteiger partial charge < -0.3 is 5.32 Å². The second-order valence-corrected chi connectivity index (χ2v) is 7.53. The Morgan fingerprint density at radius 3 is 2.31 bits per heavy atom. The third-order valence-corrected chi connectivity index (χ3v) is 5.41. The molecule has 3 aromatic rings. The van der Waals surface area contributed by atoms with E-state index in [9.17, 15) is 17.6 Å². The molecule has 0 aliphatic heterocycles. The van der Waals surface area contributed by atoms with E-state index in [2.05, 4.69) is 10.3 Å². The summed E-state index contributed by atoms with van der Waals surface area (Å²) in [6.07, 6.45) is 1.15. The normalized spacial score (nSPS) is 11.2. The van der Waals surface area contributed by atoms with E-state index in [4.69, 9.17) is 0 Å². The van der Waals surface area contributed by atoms with Crippen LogP contribution in [0.5, 0.6) is 0 Å². The van der Waals surface area contributed by atoms with Gasteiger partial charge in [0.15, 0.2) is 5.03 Å². The molecular weight excluding hydrogens is 355 g/mol. The van der Waals surface area contributed by atoms with Gasteiger partial charge in [-0.2, -0.15) is 0 Å². The Labute approximate surface area is 150 Å². The number of amides is 1. The summed E-state index contributed by atoms with van der Waals surface area (Å²) in [6, 6.07) is 14.8. The van der Waals surface area contributed by atoms with Crippen molar-refractivity contribution in [3.8, 4) is 0 Å². The summed E-state index contributed by atoms with van der Waals surface area (Å²) in [5.74, 6) is -1.14. The summed E-state index contributed by atoms with van der Waals surface area (Å²) in [7, 11) is -3.77. The first-order valence-electron chi connectivity index (χ1n) is 7.71. The molecule has 0 unspecified atom stereocenters. The summed E-state index contributed by atoms with van der Waals surface area (Å²) < 4.78 is 38.7. The van der Waals surface area contributed by atoms with Gasteiger partial charge in [-0.25, -0.2) is 17.8 Å². The van der Waals surface area contributed by atoms with Crippen LogP contribution in [-0.4, -0.2) is 19.3 Å². The van der Waals surface area contributed by atoms with Crippen LogP contribution in [0.4, 0.5) is 10.1 Å². The van der Waals surface area contributed by atoms with Crippen LogP contribution in [0.15, 0.2) is 76.8 Å². The Morgan fingerprint density at radius 1 is 1.00 bits per heavy atom. The highest BCUT2D eigenvalue weighted by Crippen LogP contribution is 2.20. The van der Waals surface area contributed by atoms with Crippen molar-refractivity contribution in [1.82, 2.24) is 4.98 Å². The lowest BCUT2D eigenvalue weighted by atomic mass is 10.2. The van der Waals surface area contributed by atoms with Gasteiger partial charge in [-0.05, 0) is 43.3 Å². The van der Waals surface area contributed by atoms with E-state index in [0.717, 1.165) is 11.8 Å². The molecular formula is C19H15FN2O3S. The maximum absolute atomic E-state index is 13.6. The van der Waals surface area contributed by atoms with Crippen molar-refractivity contribution in [2.24, 2.45) is 0 Å². The molecule has 0 bridgehead atoms. The Kier molecular flexibility index (Phi) is 4.81. The molecule has 1 amide bonds. The van der Waals surface area contributed by atoms with E-state index in [1.807, 2.05) is 6.92 Å². The highest BCUT2D eigenvalue weighted by Gasteiger charge is 2.19. The molecule has 132 valence electrons. The number of carbonyl (C=O) groups is 1. The zero-order valence-electron chi connectivity index (χ0n) is 13.8. The van der Waals surface area contributed by atoms with Crippen LogP contribution >= 0.6 is 0 Å². The van der Waals surface area contributed by atoms with Gasteiger partial charge in [0, 0.05) is 6.20 Å². The standard InChI is InChI=1S/C19H15FN2O3S/c1-13-6-9-15(10-7-13)26(24,25)18-11-8-14(12-21-18)19(23)22-17-5-3-2-4-16(17)20/h2-12H,1H3,(H,22,23). The number of nitrogens with zero attached hydrogens (tertiary/aromatic N) is 1. The van der Waals surface area contributed by atoms with Gasteiger partial charge in [-0.15, -0.1) is 0 Å². The monoisotopic (exact) mass is 370 g/mol. The number of pyridine rings is 1. The first kappa shape index (κ1) is 17.8. The van der Waals surface area contributed by atoms with E-state index in [1.165, 1.54) is 42.5 Å². The molecule has 0 saturated carbocycles. The second-order valence-electron chi connectivity index (χ2n) is 5.64. The zero-order chi connectivity index (χ0) is 18.7. The third kappa shape index (κ3) is 3.62. The maximum Gasteiger partial charge on any atom is 0.257 e. The minimum Gasteiger partial charge on any atom is -0.319 e. The summed E-state index contributed by atoms with van der Waals surface area (Å²) >= 11 is 0. The summed E-state index contributed by atoms with van der Waals surface area (Å²) in [5, 5.41) is 2.26. The van der Waals surface area contributed by atoms with Crippen LogP contribution in [0.3, 0.4) is 0 Å². The van der Waals surface area contributed by atoms with Gasteiger partial charge in [-0.1, -0.05) is 29.8 Å². The Morgan fingerprint density at radius 2 is 1.69 bits per heavy atom. The SMILES string of the molecule is Cc1ccc(S(=O)(=O)c2ccc(C(=O)Nc3ccccc3F)cn2)cc1. The topological polar surface area (TPSA) is 76.1 Å². The van der Waals surface area contributed by atoms with Crippen molar-refractivity contribution in [3.05, 3.63) is 83.8 Å². The minimum atomic E-state index is -3.77. The van der Waals surface area contributed by atoms with E-state index >= 15 is 0 Å². The average molecular weight is 370 g/mol. The lowest BCUT2D eigenvalue weighted by Crippen LogP contribution is -2.14. The first-order valence-corrected chi connectivity index (χ1v) is 9.20. The number of anilines is 1. The van der Waals surface area contributed by atoms with E-state index < -0.39 is 21.6 Å². The molecule has 5 nitrogen and oxygen atoms in total. The number of benzene rings is 2. The number of hydrogen-bond donors (Lipinski definition) is 1. The predicted octanol–water partition coefficient (Wildman–Crippen LogP) is 3.61. The van der Waals surface area contributed by atoms with Gasteiger partial charge >= 0.3 is 0 Å². The number of sulfone groups is 1. The minimum absolute atomic E-state index is 0.0360. The first-order chi connectivity index (χ1) is 12.4. The molecule has 0 atom stereocenters. The summed E-state index contributed by atoms with van der Waals surface area (Å²) in [4.78, 5) is 16.2. The number of aryl methyl sites for hydroxylation is 1. The van der Waals surface area contributed by atoms with Crippen LogP contribution in [0.1, 0.15) is 15.9 Å². The second kappa shape index (κ2) is 7.05. The molecule has 1 N–H and O–H groups in total. The molecule has 1 heterocycles. The highest BCUT2D eigenvalue weighted by molar-refractivity contribution is 7.91. The number of carbonyl (C=O) groups excluding carboxylic acids is 1. The molecule has 0 saturated heterocycles. The van der Waals surface area contributed by atoms with Crippen molar-refractivity contribution in [2.75, 3.05) is 5.32 Å². The highest BCUT2D eigenvalue weighted by atomic mass is 32.2. The third-order valence-electron chi connectivity index (χ3n) is 3.73. The maximum atomic E-state index is 13.6. The molecule has 7 heteroatoms. The molecule has 0 aliphatic rings. The van der Waals surface area contributed by atoms with Crippen LogP contribution in [0.25, 0.3) is 0 Å². The summed E-state index contributed by atoms with van der Waals surface area (Å²) in [5.41, 5.74) is 1.10. The van der Waals surface area contributed by atoms with Crippen LogP contribution in [0.2, 0.25) is 0 Å². The average Bonchev–Trinajstić information content (AvgIpc) is 2.64. The van der Waals surface area contributed by atoms with Crippen LogP contribution in [0, 0.1) is 12.7 Å². The Bertz CT molecular complexity index is 1050. The zero-order valence-corrected chi connectivity index (χ0v) is 14.6. The molecule has 0 spiro atoms. The molecule has 0 radical (unpaired) electrons. The molecule has 2 aromatic carbocycles. The number of halogens is 1. The Balaban J connectivity index is 1.83. The van der Waals surface area contributed by atoms with Crippen LogP contribution in [-0.2, 0) is 9.84 Å². The number of aromatic nitrogens is 1. The lowest BCUT2D eigenvalue weighted by molar-refractivity contribution is 0.102. The molecule has 26 heavy (non-hydrogen) atoms. The predicted molar refractivity (Wildman–Crippen MR) is 95.2 cm³/mol. The lowest BCUT2D eigenvalue weighted by Gasteiger charge is -2.07. The molecule has 0 aliphatic carbocycles. The fourth-order valence-corrected chi connectivity index (χ4v) is 3.44. The number of hydrogen-bond acceptors (Lipinski definition) is 4. The number of nitrogens with one attached hydrogen (secondary N) is 1. The quantitative estimate of drug-likeness (QED) is 0.761. The Hall–Kier alpha value is -3.06. The van der Waals surface area contributed by atoms with E-state index in [0.29, 0.717) is 0 Å².